The molecule has 7 aromatic carbocycles. The van der Waals surface area contributed by atoms with E-state index in [1.54, 1.807) is 24.3 Å². The summed E-state index contributed by atoms with van der Waals surface area (Å²) in [5.41, 5.74) is 6.05. The smallest absolute Gasteiger partial charge is 0.208 e. The molecule has 0 atom stereocenters. The van der Waals surface area contributed by atoms with Gasteiger partial charge in [0.1, 0.15) is 0 Å². The van der Waals surface area contributed by atoms with E-state index < -0.39 is 30.2 Å². The molecule has 1 aromatic heterocycles. The number of rotatable bonds is 5. The summed E-state index contributed by atoms with van der Waals surface area (Å²) in [5, 5.41) is 2.11. The third-order valence-corrected chi connectivity index (χ3v) is 7.94. The summed E-state index contributed by atoms with van der Waals surface area (Å²) in [6, 6.07) is 34.6. The van der Waals surface area contributed by atoms with E-state index >= 15 is 0 Å². The average molecular weight is 603 g/mol. The van der Waals surface area contributed by atoms with Crippen molar-refractivity contribution >= 4 is 33.1 Å². The van der Waals surface area contributed by atoms with Crippen LogP contribution in [0.1, 0.15) is 9.60 Å². The van der Waals surface area contributed by atoms with E-state index in [0.717, 1.165) is 38.6 Å². The van der Waals surface area contributed by atoms with Gasteiger partial charge in [0.05, 0.1) is 9.60 Å². The quantitative estimate of drug-likeness (QED) is 0.197. The second-order valence-corrected chi connectivity index (χ2v) is 10.8. The molecule has 0 bridgehead atoms. The van der Waals surface area contributed by atoms with Gasteiger partial charge >= 0.3 is 0 Å². The van der Waals surface area contributed by atoms with Gasteiger partial charge in [-0.2, -0.15) is 9.97 Å². The van der Waals surface area contributed by atoms with Gasteiger partial charge in [-0.05, 0) is 78.7 Å². The van der Waals surface area contributed by atoms with Crippen molar-refractivity contribution in [1.29, 1.82) is 0 Å². The molecule has 8 rings (SSSR count). The summed E-state index contributed by atoms with van der Waals surface area (Å²) >= 11 is 6.51. The van der Waals surface area contributed by atoms with Crippen LogP contribution in [-0.2, 0) is 0 Å². The van der Waals surface area contributed by atoms with Gasteiger partial charge in [-0.1, -0.05) is 145 Å². The molecule has 45 heavy (non-hydrogen) atoms. The molecule has 0 unspecified atom stereocenters. The van der Waals surface area contributed by atoms with Crippen LogP contribution in [0, 0.1) is 0 Å². The Morgan fingerprint density at radius 3 is 1.64 bits per heavy atom. The highest BCUT2D eigenvalue weighted by Gasteiger charge is 2.14. The molecule has 8 aromatic rings. The van der Waals surface area contributed by atoms with Crippen LogP contribution in [0.2, 0.25) is 5.28 Å². The van der Waals surface area contributed by atoms with Crippen LogP contribution in [0.25, 0.3) is 77.7 Å². The maximum absolute atomic E-state index is 8.78. The Hall–Kier alpha value is -5.64. The van der Waals surface area contributed by atoms with Gasteiger partial charge in [-0.3, -0.25) is 0 Å². The fourth-order valence-corrected chi connectivity index (χ4v) is 5.86. The molecule has 0 fully saturated rings. The van der Waals surface area contributed by atoms with Crippen LogP contribution in [0.5, 0.6) is 0 Å². The van der Waals surface area contributed by atoms with E-state index in [4.69, 9.17) is 26.2 Å². The molecule has 0 radical (unpaired) electrons. The number of aromatic nitrogens is 3. The normalized spacial score (nSPS) is 13.4. The Morgan fingerprint density at radius 1 is 0.422 bits per heavy atom. The van der Waals surface area contributed by atoms with Gasteiger partial charge in [0.2, 0.25) is 5.28 Å². The predicted molar refractivity (Wildman–Crippen MR) is 187 cm³/mol. The summed E-state index contributed by atoms with van der Waals surface area (Å²) in [6.45, 7) is 0. The van der Waals surface area contributed by atoms with Crippen molar-refractivity contribution < 1.29 is 9.60 Å². The van der Waals surface area contributed by atoms with Gasteiger partial charge in [-0.15, -0.1) is 0 Å². The highest BCUT2D eigenvalue weighted by molar-refractivity contribution is 6.28. The monoisotopic (exact) mass is 602 g/mol. The maximum Gasteiger partial charge on any atom is 0.226 e. The third-order valence-electron chi connectivity index (χ3n) is 7.77. The lowest BCUT2D eigenvalue weighted by atomic mass is 9.91. The molecule has 212 valence electrons. The number of hydrogen-bond acceptors (Lipinski definition) is 3. The lowest BCUT2D eigenvalue weighted by molar-refractivity contribution is 1.07. The number of hydrogen-bond donors (Lipinski definition) is 0. The third kappa shape index (κ3) is 5.14. The van der Waals surface area contributed by atoms with E-state index in [9.17, 15) is 0 Å². The molecule has 0 amide bonds. The first-order valence-corrected chi connectivity index (χ1v) is 14.7. The minimum absolute atomic E-state index is 0.00431. The molecule has 0 aliphatic carbocycles. The van der Waals surface area contributed by atoms with Crippen molar-refractivity contribution in [3.8, 4) is 56.2 Å². The highest BCUT2D eigenvalue weighted by atomic mass is 35.5. The van der Waals surface area contributed by atoms with Crippen molar-refractivity contribution in [3.63, 3.8) is 0 Å². The van der Waals surface area contributed by atoms with Crippen molar-refractivity contribution in [2.24, 2.45) is 0 Å². The fourth-order valence-electron chi connectivity index (χ4n) is 5.70. The molecule has 4 heteroatoms. The minimum atomic E-state index is -0.503. The minimum Gasteiger partial charge on any atom is -0.208 e. The van der Waals surface area contributed by atoms with E-state index in [0.29, 0.717) is 17.0 Å². The topological polar surface area (TPSA) is 38.7 Å². The number of fused-ring (bicyclic) bond motifs is 2. The van der Waals surface area contributed by atoms with Crippen molar-refractivity contribution in [1.82, 2.24) is 15.0 Å². The SMILES string of the molecule is [2H]c1c([2H])c([2H])c2c(-c3cccc(-c4nc(Cl)nc(-c5cccc(-c6ccc(-c7ccccc7)c7ccccc67)c5)n4)c3)c([2H])c([2H])c([2H])c2c1[2H]. The molecule has 0 spiro atoms. The second kappa shape index (κ2) is 11.5. The molecular weight excluding hydrogens is 570 g/mol. The number of halogens is 1. The standard InChI is InChI=1S/C41H26ClN3/c42-41-44-39(31-17-8-15-29(25-31)34-22-10-14-28-13-4-5-19-33(28)34)43-40(45-41)32-18-9-16-30(26-32)36-24-23-35(27-11-2-1-3-12-27)37-20-6-7-21-38(36)37/h1-26H/i4D,5D,10D,13D,14D,19D,22D. The Bertz CT molecular complexity index is 2730. The summed E-state index contributed by atoms with van der Waals surface area (Å²) in [7, 11) is 0. The van der Waals surface area contributed by atoms with E-state index in [1.165, 1.54) is 0 Å². The second-order valence-electron chi connectivity index (χ2n) is 10.5. The van der Waals surface area contributed by atoms with Gasteiger partial charge in [0.15, 0.2) is 11.6 Å². The zero-order valence-corrected chi connectivity index (χ0v) is 24.4. The summed E-state index contributed by atoms with van der Waals surface area (Å²) < 4.78 is 59.2. The largest absolute Gasteiger partial charge is 0.226 e. The Balaban J connectivity index is 1.23. The van der Waals surface area contributed by atoms with Crippen molar-refractivity contribution in [3.05, 3.63) is 163 Å². The summed E-state index contributed by atoms with van der Waals surface area (Å²) in [4.78, 5) is 13.7. The van der Waals surface area contributed by atoms with Crippen LogP contribution >= 0.6 is 11.6 Å². The van der Waals surface area contributed by atoms with Crippen molar-refractivity contribution in [2.75, 3.05) is 0 Å². The molecule has 3 nitrogen and oxygen atoms in total. The molecule has 0 saturated heterocycles. The molecule has 0 N–H and O–H groups in total. The Labute approximate surface area is 276 Å². The zero-order chi connectivity index (χ0) is 36.3. The van der Waals surface area contributed by atoms with Crippen LogP contribution in [0.3, 0.4) is 0 Å². The van der Waals surface area contributed by atoms with Crippen LogP contribution in [0.4, 0.5) is 0 Å². The first kappa shape index (κ1) is 20.3. The Morgan fingerprint density at radius 2 is 0.956 bits per heavy atom. The van der Waals surface area contributed by atoms with Gasteiger partial charge in [0, 0.05) is 11.1 Å². The molecule has 1 heterocycles. The van der Waals surface area contributed by atoms with E-state index in [2.05, 4.69) is 46.4 Å². The Kier molecular flexibility index (Phi) is 5.18. The van der Waals surface area contributed by atoms with Crippen LogP contribution in [-0.4, -0.2) is 15.0 Å². The van der Waals surface area contributed by atoms with E-state index in [-0.39, 0.29) is 39.5 Å². The van der Waals surface area contributed by atoms with Crippen LogP contribution < -0.4 is 0 Å². The first-order chi connectivity index (χ1) is 25.1. The van der Waals surface area contributed by atoms with Crippen LogP contribution in [0.15, 0.2) is 158 Å². The number of nitrogens with zero attached hydrogens (tertiary/aromatic N) is 3. The molecular formula is C41H26ClN3. The van der Waals surface area contributed by atoms with E-state index in [1.807, 2.05) is 54.6 Å². The summed E-state index contributed by atoms with van der Waals surface area (Å²) in [5.74, 6) is 0.598. The lowest BCUT2D eigenvalue weighted by Gasteiger charge is -2.13. The maximum atomic E-state index is 8.78. The molecule has 0 aliphatic heterocycles. The van der Waals surface area contributed by atoms with Gasteiger partial charge in [-0.25, -0.2) is 4.98 Å². The zero-order valence-electron chi connectivity index (χ0n) is 30.7. The summed E-state index contributed by atoms with van der Waals surface area (Å²) in [6.07, 6.45) is 0. The van der Waals surface area contributed by atoms with Crippen molar-refractivity contribution in [2.45, 2.75) is 0 Å². The van der Waals surface area contributed by atoms with Gasteiger partial charge in [0.25, 0.3) is 0 Å². The fraction of sp³-hybridized carbons (Fsp3) is 0. The molecule has 0 aliphatic rings. The first-order valence-electron chi connectivity index (χ1n) is 17.8. The lowest BCUT2D eigenvalue weighted by Crippen LogP contribution is -1.97. The predicted octanol–water partition coefficient (Wildman–Crippen LogP) is 11.2. The number of benzene rings is 7. The molecule has 0 saturated carbocycles. The highest BCUT2D eigenvalue weighted by Crippen LogP contribution is 2.37. The van der Waals surface area contributed by atoms with Gasteiger partial charge < -0.3 is 0 Å². The average Bonchev–Trinajstić information content (AvgIpc) is 3.18.